The van der Waals surface area contributed by atoms with Crippen LogP contribution >= 0.6 is 0 Å². The molecule has 1 saturated carbocycles. The molecule has 1 fully saturated rings. The van der Waals surface area contributed by atoms with E-state index in [4.69, 9.17) is 10.5 Å². The van der Waals surface area contributed by atoms with Crippen molar-refractivity contribution in [2.45, 2.75) is 38.8 Å². The molecule has 0 aromatic heterocycles. The predicted octanol–water partition coefficient (Wildman–Crippen LogP) is 3.14. The Kier molecular flexibility index (Phi) is 3.47. The molecule has 0 aliphatic heterocycles. The van der Waals surface area contributed by atoms with Crippen LogP contribution in [0.3, 0.4) is 0 Å². The normalized spacial score (nSPS) is 30.1. The van der Waals surface area contributed by atoms with Crippen LogP contribution in [0.4, 0.5) is 17.6 Å². The van der Waals surface area contributed by atoms with E-state index in [2.05, 4.69) is 0 Å². The van der Waals surface area contributed by atoms with Gasteiger partial charge in [0.1, 0.15) is 6.10 Å². The molecule has 2 rings (SSSR count). The van der Waals surface area contributed by atoms with Crippen LogP contribution < -0.4 is 10.5 Å². The Morgan fingerprint density at radius 2 is 1.79 bits per heavy atom. The molecule has 3 atom stereocenters. The SMILES string of the molecule is CCC1(C)C(N)CC1Oc1c(F)c(F)cc(F)c1F. The summed E-state index contributed by atoms with van der Waals surface area (Å²) in [5, 5.41) is 0. The van der Waals surface area contributed by atoms with Crippen LogP contribution in [-0.2, 0) is 0 Å². The third-order valence-corrected chi connectivity index (χ3v) is 4.14. The van der Waals surface area contributed by atoms with Gasteiger partial charge in [-0.2, -0.15) is 8.78 Å². The number of rotatable bonds is 3. The molecule has 0 heterocycles. The van der Waals surface area contributed by atoms with Crippen LogP contribution in [-0.4, -0.2) is 12.1 Å². The summed E-state index contributed by atoms with van der Waals surface area (Å²) in [5.41, 5.74) is 5.38. The molecule has 0 amide bonds. The van der Waals surface area contributed by atoms with Gasteiger partial charge in [-0.05, 0) is 6.42 Å². The zero-order valence-electron chi connectivity index (χ0n) is 10.6. The lowest BCUT2D eigenvalue weighted by Gasteiger charge is -2.51. The van der Waals surface area contributed by atoms with Gasteiger partial charge in [0.25, 0.3) is 0 Å². The van der Waals surface area contributed by atoms with Gasteiger partial charge in [-0.25, -0.2) is 8.78 Å². The van der Waals surface area contributed by atoms with Crippen molar-refractivity contribution < 1.29 is 22.3 Å². The summed E-state index contributed by atoms with van der Waals surface area (Å²) in [5.74, 6) is -6.99. The first-order valence-electron chi connectivity index (χ1n) is 6.06. The molecule has 0 radical (unpaired) electrons. The van der Waals surface area contributed by atoms with E-state index in [0.717, 1.165) is 0 Å². The Hall–Kier alpha value is -1.30. The summed E-state index contributed by atoms with van der Waals surface area (Å²) >= 11 is 0. The highest BCUT2D eigenvalue weighted by molar-refractivity contribution is 5.29. The largest absolute Gasteiger partial charge is 0.484 e. The smallest absolute Gasteiger partial charge is 0.203 e. The topological polar surface area (TPSA) is 35.2 Å². The lowest BCUT2D eigenvalue weighted by atomic mass is 9.62. The van der Waals surface area contributed by atoms with Crippen LogP contribution in [0.25, 0.3) is 0 Å². The summed E-state index contributed by atoms with van der Waals surface area (Å²) in [4.78, 5) is 0. The van der Waals surface area contributed by atoms with Crippen molar-refractivity contribution in [2.75, 3.05) is 0 Å². The molecule has 0 bridgehead atoms. The van der Waals surface area contributed by atoms with E-state index >= 15 is 0 Å². The number of benzene rings is 1. The minimum absolute atomic E-state index is 0.156. The maximum Gasteiger partial charge on any atom is 0.203 e. The number of hydrogen-bond donors (Lipinski definition) is 1. The minimum Gasteiger partial charge on any atom is -0.484 e. The van der Waals surface area contributed by atoms with E-state index in [1.165, 1.54) is 0 Å². The zero-order chi connectivity index (χ0) is 14.4. The van der Waals surface area contributed by atoms with Crippen LogP contribution in [0, 0.1) is 28.7 Å². The first-order valence-corrected chi connectivity index (χ1v) is 6.06. The number of ether oxygens (including phenoxy) is 1. The predicted molar refractivity (Wildman–Crippen MR) is 61.7 cm³/mol. The molecule has 0 spiro atoms. The van der Waals surface area contributed by atoms with Crippen molar-refractivity contribution in [2.24, 2.45) is 11.1 Å². The standard InChI is InChI=1S/C13H15F4NO/c1-3-13(2)8(18)5-9(13)19-12-10(16)6(14)4-7(15)11(12)17/h4,8-9H,3,5,18H2,1-2H3. The number of halogens is 4. The molecule has 106 valence electrons. The van der Waals surface area contributed by atoms with Gasteiger partial charge < -0.3 is 10.5 Å². The van der Waals surface area contributed by atoms with E-state index < -0.39 is 40.5 Å². The van der Waals surface area contributed by atoms with Crippen LogP contribution in [0.2, 0.25) is 0 Å². The quantitative estimate of drug-likeness (QED) is 0.680. The minimum atomic E-state index is -1.52. The molecule has 0 saturated heterocycles. The zero-order valence-corrected chi connectivity index (χ0v) is 10.6. The second-order valence-corrected chi connectivity index (χ2v) is 5.11. The Morgan fingerprint density at radius 1 is 1.26 bits per heavy atom. The molecule has 1 aliphatic rings. The molecule has 1 aliphatic carbocycles. The highest BCUT2D eigenvalue weighted by Gasteiger charge is 2.50. The highest BCUT2D eigenvalue weighted by Crippen LogP contribution is 2.45. The fourth-order valence-electron chi connectivity index (χ4n) is 2.32. The summed E-state index contributed by atoms with van der Waals surface area (Å²) in [6, 6.07) is -0.00435. The fraction of sp³-hybridized carbons (Fsp3) is 0.538. The van der Waals surface area contributed by atoms with Gasteiger partial charge in [-0.3, -0.25) is 0 Å². The van der Waals surface area contributed by atoms with E-state index in [9.17, 15) is 17.6 Å². The van der Waals surface area contributed by atoms with Gasteiger partial charge >= 0.3 is 0 Å². The summed E-state index contributed by atoms with van der Waals surface area (Å²) in [7, 11) is 0. The highest BCUT2D eigenvalue weighted by atomic mass is 19.2. The summed E-state index contributed by atoms with van der Waals surface area (Å²) in [6.45, 7) is 3.69. The van der Waals surface area contributed by atoms with E-state index in [-0.39, 0.29) is 12.1 Å². The molecule has 1 aromatic carbocycles. The van der Waals surface area contributed by atoms with Gasteiger partial charge in [0.2, 0.25) is 11.6 Å². The third-order valence-electron chi connectivity index (χ3n) is 4.14. The van der Waals surface area contributed by atoms with Gasteiger partial charge in [0.15, 0.2) is 17.4 Å². The maximum absolute atomic E-state index is 13.5. The second kappa shape index (κ2) is 4.67. The van der Waals surface area contributed by atoms with E-state index in [1.54, 1.807) is 0 Å². The number of nitrogens with two attached hydrogens (primary N) is 1. The van der Waals surface area contributed by atoms with Crippen LogP contribution in [0.15, 0.2) is 6.07 Å². The summed E-state index contributed by atoms with van der Waals surface area (Å²) in [6.07, 6.45) is 0.471. The lowest BCUT2D eigenvalue weighted by molar-refractivity contribution is -0.0601. The molecular weight excluding hydrogens is 262 g/mol. The molecule has 1 aromatic rings. The molecule has 19 heavy (non-hydrogen) atoms. The summed E-state index contributed by atoms with van der Waals surface area (Å²) < 4.78 is 58.2. The second-order valence-electron chi connectivity index (χ2n) is 5.11. The van der Waals surface area contributed by atoms with Crippen molar-refractivity contribution >= 4 is 0 Å². The van der Waals surface area contributed by atoms with Crippen molar-refractivity contribution in [1.82, 2.24) is 0 Å². The Bertz CT molecular complexity index is 482. The molecular formula is C13H15F4NO. The molecule has 6 heteroatoms. The number of hydrogen-bond acceptors (Lipinski definition) is 2. The van der Waals surface area contributed by atoms with Crippen LogP contribution in [0.1, 0.15) is 26.7 Å². The van der Waals surface area contributed by atoms with Gasteiger partial charge in [-0.1, -0.05) is 13.8 Å². The van der Waals surface area contributed by atoms with Crippen molar-refractivity contribution in [1.29, 1.82) is 0 Å². The molecule has 2 N–H and O–H groups in total. The van der Waals surface area contributed by atoms with Gasteiger partial charge in [-0.15, -0.1) is 0 Å². The Balaban J connectivity index is 2.31. The van der Waals surface area contributed by atoms with Crippen molar-refractivity contribution in [3.63, 3.8) is 0 Å². The van der Waals surface area contributed by atoms with Gasteiger partial charge in [0, 0.05) is 23.9 Å². The fourth-order valence-corrected chi connectivity index (χ4v) is 2.32. The lowest BCUT2D eigenvalue weighted by Crippen LogP contribution is -2.61. The maximum atomic E-state index is 13.5. The van der Waals surface area contributed by atoms with Crippen molar-refractivity contribution in [3.8, 4) is 5.75 Å². The van der Waals surface area contributed by atoms with Crippen LogP contribution in [0.5, 0.6) is 5.75 Å². The first kappa shape index (κ1) is 14.1. The van der Waals surface area contributed by atoms with Gasteiger partial charge in [0.05, 0.1) is 0 Å². The monoisotopic (exact) mass is 277 g/mol. The first-order chi connectivity index (χ1) is 8.81. The Morgan fingerprint density at radius 3 is 2.21 bits per heavy atom. The van der Waals surface area contributed by atoms with E-state index in [1.807, 2.05) is 13.8 Å². The van der Waals surface area contributed by atoms with E-state index in [0.29, 0.717) is 12.8 Å². The third kappa shape index (κ3) is 2.08. The average molecular weight is 277 g/mol. The molecule has 2 nitrogen and oxygen atoms in total. The molecule has 3 unspecified atom stereocenters. The average Bonchev–Trinajstić information content (AvgIpc) is 2.39. The van der Waals surface area contributed by atoms with Crippen molar-refractivity contribution in [3.05, 3.63) is 29.3 Å². The Labute approximate surface area is 108 Å².